The van der Waals surface area contributed by atoms with E-state index in [9.17, 15) is 4.79 Å². The van der Waals surface area contributed by atoms with Crippen molar-refractivity contribution in [3.8, 4) is 0 Å². The summed E-state index contributed by atoms with van der Waals surface area (Å²) in [6.45, 7) is 11.7. The van der Waals surface area contributed by atoms with Crippen molar-refractivity contribution in [1.82, 2.24) is 4.90 Å². The summed E-state index contributed by atoms with van der Waals surface area (Å²) in [5.41, 5.74) is 2.29. The molecule has 1 aromatic rings. The Bertz CT molecular complexity index is 404. The third-order valence-corrected chi connectivity index (χ3v) is 2.74. The van der Waals surface area contributed by atoms with E-state index in [0.717, 1.165) is 24.1 Å². The molecule has 1 aliphatic heterocycles. The van der Waals surface area contributed by atoms with Gasteiger partial charge in [0.1, 0.15) is 0 Å². The number of hydrogen-bond acceptors (Lipinski definition) is 1. The second-order valence-corrected chi connectivity index (χ2v) is 3.95. The second-order valence-electron chi connectivity index (χ2n) is 3.95. The van der Waals surface area contributed by atoms with Crippen molar-refractivity contribution in [2.45, 2.75) is 12.8 Å². The Hall–Kier alpha value is -2.09. The first-order chi connectivity index (χ1) is 8.71. The van der Waals surface area contributed by atoms with Crippen molar-refractivity contribution < 1.29 is 4.79 Å². The molecule has 1 aromatic carbocycles. The lowest BCUT2D eigenvalue weighted by Gasteiger charge is -2.05. The molecular formula is C16H19NO. The Kier molecular flexibility index (Phi) is 5.65. The van der Waals surface area contributed by atoms with Crippen LogP contribution < -0.4 is 0 Å². The highest BCUT2D eigenvalue weighted by molar-refractivity contribution is 5.78. The molecule has 1 fully saturated rings. The summed E-state index contributed by atoms with van der Waals surface area (Å²) in [4.78, 5) is 12.3. The van der Waals surface area contributed by atoms with Crippen LogP contribution in [0.4, 0.5) is 0 Å². The smallest absolute Gasteiger partial charge is 0.226 e. The van der Waals surface area contributed by atoms with Crippen LogP contribution >= 0.6 is 0 Å². The normalized spacial score (nSPS) is 13.6. The lowest BCUT2D eigenvalue weighted by molar-refractivity contribution is -0.125. The van der Waals surface area contributed by atoms with E-state index in [2.05, 4.69) is 19.7 Å². The van der Waals surface area contributed by atoms with Gasteiger partial charge < -0.3 is 4.90 Å². The lowest BCUT2D eigenvalue weighted by Crippen LogP contribution is -2.16. The standard InChI is InChI=1S/C10H10.C6H9NO/c1-3-9-5-7-10(4-2)8-6-9;1-2-7-5-3-4-6(7)8/h3-8H,1-2H2;2H,1,3-5H2. The molecule has 2 rings (SSSR count). The molecule has 0 bridgehead atoms. The third kappa shape index (κ3) is 4.06. The van der Waals surface area contributed by atoms with Crippen LogP contribution in [-0.4, -0.2) is 17.4 Å². The SMILES string of the molecule is C=CN1CCCC1=O.C=Cc1ccc(C=C)cc1. The fourth-order valence-electron chi connectivity index (χ4n) is 1.63. The van der Waals surface area contributed by atoms with Gasteiger partial charge in [-0.05, 0) is 23.7 Å². The molecule has 2 nitrogen and oxygen atoms in total. The molecule has 1 amide bonds. The van der Waals surface area contributed by atoms with Crippen LogP contribution in [0.3, 0.4) is 0 Å². The van der Waals surface area contributed by atoms with E-state index in [1.54, 1.807) is 11.1 Å². The molecule has 0 unspecified atom stereocenters. The average Bonchev–Trinajstić information content (AvgIpc) is 2.85. The Morgan fingerprint density at radius 3 is 1.72 bits per heavy atom. The molecule has 1 heterocycles. The minimum absolute atomic E-state index is 0.208. The van der Waals surface area contributed by atoms with Crippen molar-refractivity contribution in [1.29, 1.82) is 0 Å². The van der Waals surface area contributed by atoms with Crippen LogP contribution in [0.25, 0.3) is 12.2 Å². The van der Waals surface area contributed by atoms with Gasteiger partial charge in [-0.15, -0.1) is 0 Å². The third-order valence-electron chi connectivity index (χ3n) is 2.74. The van der Waals surface area contributed by atoms with Gasteiger partial charge in [0, 0.05) is 13.0 Å². The topological polar surface area (TPSA) is 20.3 Å². The van der Waals surface area contributed by atoms with Crippen LogP contribution in [0.2, 0.25) is 0 Å². The molecule has 18 heavy (non-hydrogen) atoms. The van der Waals surface area contributed by atoms with Crippen molar-refractivity contribution in [2.75, 3.05) is 6.54 Å². The summed E-state index contributed by atoms with van der Waals surface area (Å²) >= 11 is 0. The average molecular weight is 241 g/mol. The molecule has 0 N–H and O–H groups in total. The van der Waals surface area contributed by atoms with Crippen molar-refractivity contribution in [2.24, 2.45) is 0 Å². The first-order valence-electron chi connectivity index (χ1n) is 5.98. The summed E-state index contributed by atoms with van der Waals surface area (Å²) < 4.78 is 0. The molecule has 0 atom stereocenters. The van der Waals surface area contributed by atoms with E-state index in [4.69, 9.17) is 0 Å². The van der Waals surface area contributed by atoms with E-state index >= 15 is 0 Å². The number of amides is 1. The fraction of sp³-hybridized carbons (Fsp3) is 0.188. The van der Waals surface area contributed by atoms with Crippen LogP contribution in [0, 0.1) is 0 Å². The van der Waals surface area contributed by atoms with E-state index in [1.165, 1.54) is 0 Å². The summed E-state index contributed by atoms with van der Waals surface area (Å²) in [5.74, 6) is 0.208. The molecule has 1 aliphatic rings. The fourth-order valence-corrected chi connectivity index (χ4v) is 1.63. The number of carbonyl (C=O) groups excluding carboxylic acids is 1. The maximum Gasteiger partial charge on any atom is 0.226 e. The zero-order valence-corrected chi connectivity index (χ0v) is 10.6. The van der Waals surface area contributed by atoms with Crippen molar-refractivity contribution >= 4 is 18.1 Å². The number of carbonyl (C=O) groups is 1. The largest absolute Gasteiger partial charge is 0.320 e. The Labute approximate surface area is 109 Å². The maximum atomic E-state index is 10.7. The Balaban J connectivity index is 0.000000184. The summed E-state index contributed by atoms with van der Waals surface area (Å²) in [6, 6.07) is 8.07. The second kappa shape index (κ2) is 7.28. The quantitative estimate of drug-likeness (QED) is 0.789. The van der Waals surface area contributed by atoms with Gasteiger partial charge >= 0.3 is 0 Å². The monoisotopic (exact) mass is 241 g/mol. The first kappa shape index (κ1) is 14.0. The van der Waals surface area contributed by atoms with Gasteiger partial charge in [-0.3, -0.25) is 4.79 Å². The highest BCUT2D eigenvalue weighted by Gasteiger charge is 2.15. The van der Waals surface area contributed by atoms with Gasteiger partial charge in [0.25, 0.3) is 0 Å². The highest BCUT2D eigenvalue weighted by Crippen LogP contribution is 2.08. The number of rotatable bonds is 3. The van der Waals surface area contributed by atoms with E-state index in [-0.39, 0.29) is 5.91 Å². The summed E-state index contributed by atoms with van der Waals surface area (Å²) in [5, 5.41) is 0. The maximum absolute atomic E-state index is 10.7. The minimum Gasteiger partial charge on any atom is -0.320 e. The van der Waals surface area contributed by atoms with Gasteiger partial charge in [0.15, 0.2) is 0 Å². The van der Waals surface area contributed by atoms with Crippen molar-refractivity contribution in [3.63, 3.8) is 0 Å². The molecule has 0 spiro atoms. The molecule has 2 heteroatoms. The van der Waals surface area contributed by atoms with Gasteiger partial charge in [0.05, 0.1) is 0 Å². The van der Waals surface area contributed by atoms with E-state index < -0.39 is 0 Å². The van der Waals surface area contributed by atoms with Crippen molar-refractivity contribution in [3.05, 3.63) is 61.3 Å². The Morgan fingerprint density at radius 1 is 1.00 bits per heavy atom. The zero-order valence-electron chi connectivity index (χ0n) is 10.6. The first-order valence-corrected chi connectivity index (χ1v) is 5.98. The molecule has 0 saturated carbocycles. The number of benzene rings is 1. The zero-order chi connectivity index (χ0) is 13.4. The van der Waals surface area contributed by atoms with Gasteiger partial charge in [-0.2, -0.15) is 0 Å². The van der Waals surface area contributed by atoms with E-state index in [1.807, 2.05) is 36.4 Å². The van der Waals surface area contributed by atoms with Crippen LogP contribution in [0.1, 0.15) is 24.0 Å². The molecule has 1 saturated heterocycles. The van der Waals surface area contributed by atoms with E-state index in [0.29, 0.717) is 6.42 Å². The molecular weight excluding hydrogens is 222 g/mol. The number of hydrogen-bond donors (Lipinski definition) is 0. The van der Waals surface area contributed by atoms with Gasteiger partial charge in [-0.25, -0.2) is 0 Å². The van der Waals surface area contributed by atoms with Gasteiger partial charge in [-0.1, -0.05) is 56.2 Å². The molecule has 94 valence electrons. The van der Waals surface area contributed by atoms with Crippen LogP contribution in [0.15, 0.2) is 50.2 Å². The predicted octanol–water partition coefficient (Wildman–Crippen LogP) is 3.72. The predicted molar refractivity (Wildman–Crippen MR) is 77.8 cm³/mol. The lowest BCUT2D eigenvalue weighted by atomic mass is 10.1. The minimum atomic E-state index is 0.208. The molecule has 0 aliphatic carbocycles. The number of nitrogens with zero attached hydrogens (tertiary/aromatic N) is 1. The van der Waals surface area contributed by atoms with Crippen LogP contribution in [0.5, 0.6) is 0 Å². The summed E-state index contributed by atoms with van der Waals surface area (Å²) in [6.07, 6.45) is 6.94. The Morgan fingerprint density at radius 2 is 1.50 bits per heavy atom. The highest BCUT2D eigenvalue weighted by atomic mass is 16.2. The number of likely N-dealkylation sites (tertiary alicyclic amines) is 1. The van der Waals surface area contributed by atoms with Crippen LogP contribution in [-0.2, 0) is 4.79 Å². The molecule has 0 radical (unpaired) electrons. The molecule has 0 aromatic heterocycles. The van der Waals surface area contributed by atoms with Gasteiger partial charge in [0.2, 0.25) is 5.91 Å². The summed E-state index contributed by atoms with van der Waals surface area (Å²) in [7, 11) is 0.